The smallest absolute Gasteiger partial charge is 0.313 e. The zero-order chi connectivity index (χ0) is 23.6. The highest BCUT2D eigenvalue weighted by Gasteiger charge is 2.19. The molecule has 1 aromatic heterocycles. The van der Waals surface area contributed by atoms with Gasteiger partial charge in [-0.1, -0.05) is 23.4 Å². The van der Waals surface area contributed by atoms with Crippen LogP contribution in [0.5, 0.6) is 0 Å². The molecule has 0 amide bonds. The Balaban J connectivity index is 1.61. The van der Waals surface area contributed by atoms with Gasteiger partial charge in [0.25, 0.3) is 0 Å². The number of halogens is 1. The second-order valence-electron chi connectivity index (χ2n) is 7.30. The fraction of sp³-hybridized carbons (Fsp3) is 0.364. The molecule has 0 unspecified atom stereocenters. The first-order valence-corrected chi connectivity index (χ1v) is 10.4. The van der Waals surface area contributed by atoms with Crippen LogP contribution in [0, 0.1) is 22.6 Å². The zero-order valence-electron chi connectivity index (χ0n) is 18.0. The molecule has 172 valence electrons. The van der Waals surface area contributed by atoms with E-state index in [9.17, 15) is 9.18 Å². The minimum atomic E-state index is -0.691. The van der Waals surface area contributed by atoms with E-state index < -0.39 is 11.8 Å². The molecule has 2 aromatic rings. The molecular formula is C22H24FN7O3. The van der Waals surface area contributed by atoms with Crippen LogP contribution in [0.2, 0.25) is 0 Å². The van der Waals surface area contributed by atoms with Crippen molar-refractivity contribution in [1.29, 1.82) is 10.7 Å². The Bertz CT molecular complexity index is 1060. The van der Waals surface area contributed by atoms with Crippen LogP contribution in [0.25, 0.3) is 11.1 Å². The van der Waals surface area contributed by atoms with Crippen molar-refractivity contribution in [3.8, 4) is 17.2 Å². The number of oxime groups is 1. The van der Waals surface area contributed by atoms with Crippen LogP contribution < -0.4 is 10.6 Å². The summed E-state index contributed by atoms with van der Waals surface area (Å²) in [5, 5.41) is 19.7. The molecule has 0 aliphatic carbocycles. The molecule has 1 aliphatic rings. The number of anilines is 1. The normalized spacial score (nSPS) is 13.2. The van der Waals surface area contributed by atoms with Gasteiger partial charge in [-0.15, -0.1) is 0 Å². The lowest BCUT2D eigenvalue weighted by molar-refractivity contribution is -0.143. The number of aromatic nitrogens is 2. The second kappa shape index (κ2) is 11.5. The van der Waals surface area contributed by atoms with E-state index in [-0.39, 0.29) is 31.0 Å². The van der Waals surface area contributed by atoms with Crippen molar-refractivity contribution in [2.75, 3.05) is 24.6 Å². The van der Waals surface area contributed by atoms with Gasteiger partial charge in [-0.25, -0.2) is 14.4 Å². The number of carbonyl (C=O) groups excluding carboxylic acids is 1. The molecule has 0 atom stereocenters. The van der Waals surface area contributed by atoms with Crippen LogP contribution >= 0.6 is 0 Å². The minimum Gasteiger partial charge on any atom is -0.460 e. The van der Waals surface area contributed by atoms with Crippen LogP contribution in [0.3, 0.4) is 0 Å². The molecule has 2 heterocycles. The lowest BCUT2D eigenvalue weighted by atomic mass is 10.0. The number of hydrogen-bond acceptors (Lipinski definition) is 9. The van der Waals surface area contributed by atoms with Gasteiger partial charge < -0.3 is 20.2 Å². The summed E-state index contributed by atoms with van der Waals surface area (Å²) in [5.74, 6) is -0.992. The number of amidine groups is 1. The molecule has 1 aromatic carbocycles. The third kappa shape index (κ3) is 6.70. The van der Waals surface area contributed by atoms with Gasteiger partial charge >= 0.3 is 5.97 Å². The Morgan fingerprint density at radius 3 is 2.70 bits per heavy atom. The summed E-state index contributed by atoms with van der Waals surface area (Å²) in [6, 6.07) is 6.78. The quantitative estimate of drug-likeness (QED) is 0.193. The van der Waals surface area contributed by atoms with Crippen LogP contribution in [0.4, 0.5) is 10.3 Å². The average molecular weight is 453 g/mol. The highest BCUT2D eigenvalue weighted by atomic mass is 19.1. The molecule has 3 rings (SSSR count). The van der Waals surface area contributed by atoms with E-state index in [0.717, 1.165) is 5.71 Å². The van der Waals surface area contributed by atoms with Crippen molar-refractivity contribution in [1.82, 2.24) is 9.97 Å². The van der Waals surface area contributed by atoms with E-state index in [1.807, 2.05) is 11.0 Å². The van der Waals surface area contributed by atoms with Crippen LogP contribution in [-0.4, -0.2) is 47.2 Å². The fourth-order valence-electron chi connectivity index (χ4n) is 3.19. The Hall–Kier alpha value is -4.07. The van der Waals surface area contributed by atoms with E-state index in [1.165, 1.54) is 6.07 Å². The van der Waals surface area contributed by atoms with E-state index in [2.05, 4.69) is 15.1 Å². The summed E-state index contributed by atoms with van der Waals surface area (Å²) in [6.45, 7) is 1.38. The predicted octanol–water partition coefficient (Wildman–Crippen LogP) is 2.54. The molecule has 11 heteroatoms. The standard InChI is InChI=1S/C22H24FN7O3/c23-21-15(14-32-20(31)11-19(25)26)3-1-4-18(21)16-12-27-22(28-13-16)30-8-5-17(6-9-30)29-33-10-2-7-24/h1,3-4,12-13H,2,5-6,8-11,14H2,(H3,25,26). The number of nitrogens with one attached hydrogen (secondary N) is 1. The number of nitrogens with two attached hydrogens (primary N) is 1. The highest BCUT2D eigenvalue weighted by molar-refractivity contribution is 5.94. The van der Waals surface area contributed by atoms with Gasteiger partial charge in [-0.05, 0) is 0 Å². The van der Waals surface area contributed by atoms with Gasteiger partial charge in [0.05, 0.1) is 18.2 Å². The number of esters is 1. The first-order valence-electron chi connectivity index (χ1n) is 10.4. The van der Waals surface area contributed by atoms with Gasteiger partial charge in [0.1, 0.15) is 31.3 Å². The summed E-state index contributed by atoms with van der Waals surface area (Å²) in [5.41, 5.74) is 7.09. The maximum Gasteiger partial charge on any atom is 0.313 e. The Morgan fingerprint density at radius 2 is 2.03 bits per heavy atom. The van der Waals surface area contributed by atoms with Gasteiger partial charge in [-0.3, -0.25) is 10.2 Å². The number of nitriles is 1. The number of carbonyl (C=O) groups is 1. The lowest BCUT2D eigenvalue weighted by Crippen LogP contribution is -2.35. The SMILES string of the molecule is N#CCCON=C1CCN(c2ncc(-c3cccc(COC(=O)CC(=N)N)c3F)cn2)CC1. The highest BCUT2D eigenvalue weighted by Crippen LogP contribution is 2.26. The fourth-order valence-corrected chi connectivity index (χ4v) is 3.19. The molecule has 3 N–H and O–H groups in total. The van der Waals surface area contributed by atoms with E-state index in [1.54, 1.807) is 24.5 Å². The van der Waals surface area contributed by atoms with Gasteiger partial charge in [0.2, 0.25) is 5.95 Å². The van der Waals surface area contributed by atoms with Gasteiger partial charge in [-0.2, -0.15) is 5.26 Å². The summed E-state index contributed by atoms with van der Waals surface area (Å²) < 4.78 is 19.9. The van der Waals surface area contributed by atoms with Crippen molar-refractivity contribution in [2.24, 2.45) is 10.9 Å². The molecule has 10 nitrogen and oxygen atoms in total. The Labute approximate surface area is 190 Å². The predicted molar refractivity (Wildman–Crippen MR) is 119 cm³/mol. The molecule has 1 saturated heterocycles. The lowest BCUT2D eigenvalue weighted by Gasteiger charge is -2.27. The van der Waals surface area contributed by atoms with Crippen molar-refractivity contribution >= 4 is 23.5 Å². The zero-order valence-corrected chi connectivity index (χ0v) is 18.0. The summed E-state index contributed by atoms with van der Waals surface area (Å²) in [7, 11) is 0. The van der Waals surface area contributed by atoms with Crippen LogP contribution in [0.15, 0.2) is 35.7 Å². The maximum atomic E-state index is 15.0. The molecule has 0 radical (unpaired) electrons. The molecule has 33 heavy (non-hydrogen) atoms. The molecule has 0 saturated carbocycles. The molecule has 1 aliphatic heterocycles. The van der Waals surface area contributed by atoms with Crippen molar-refractivity contribution < 1.29 is 18.8 Å². The number of ether oxygens (including phenoxy) is 1. The number of nitrogens with zero attached hydrogens (tertiary/aromatic N) is 5. The topological polar surface area (TPSA) is 151 Å². The molecule has 0 bridgehead atoms. The Kier molecular flexibility index (Phi) is 8.24. The third-order valence-corrected chi connectivity index (χ3v) is 4.87. The van der Waals surface area contributed by atoms with Gasteiger partial charge in [0, 0.05) is 55.0 Å². The minimum absolute atomic E-state index is 0.202. The Morgan fingerprint density at radius 1 is 1.30 bits per heavy atom. The van der Waals surface area contributed by atoms with E-state index in [0.29, 0.717) is 49.4 Å². The van der Waals surface area contributed by atoms with E-state index in [4.69, 9.17) is 26.0 Å². The van der Waals surface area contributed by atoms with Crippen molar-refractivity contribution in [3.05, 3.63) is 42.0 Å². The van der Waals surface area contributed by atoms with E-state index >= 15 is 0 Å². The number of rotatable bonds is 9. The first-order chi connectivity index (χ1) is 16.0. The molecular weight excluding hydrogens is 429 g/mol. The molecule has 0 spiro atoms. The number of hydrogen-bond donors (Lipinski definition) is 2. The summed E-state index contributed by atoms with van der Waals surface area (Å²) >= 11 is 0. The molecule has 1 fully saturated rings. The number of piperidine rings is 1. The number of benzene rings is 1. The maximum absolute atomic E-state index is 15.0. The van der Waals surface area contributed by atoms with Crippen molar-refractivity contribution in [2.45, 2.75) is 32.3 Å². The average Bonchev–Trinajstić information content (AvgIpc) is 2.81. The van der Waals surface area contributed by atoms with Crippen LogP contribution in [0.1, 0.15) is 31.2 Å². The largest absolute Gasteiger partial charge is 0.460 e. The van der Waals surface area contributed by atoms with Crippen molar-refractivity contribution in [3.63, 3.8) is 0 Å². The summed E-state index contributed by atoms with van der Waals surface area (Å²) in [6.07, 6.45) is 4.49. The van der Waals surface area contributed by atoms with Crippen LogP contribution in [-0.2, 0) is 21.0 Å². The summed E-state index contributed by atoms with van der Waals surface area (Å²) in [4.78, 5) is 27.5. The first kappa shape index (κ1) is 23.6. The van der Waals surface area contributed by atoms with Gasteiger partial charge in [0.15, 0.2) is 0 Å². The second-order valence-corrected chi connectivity index (χ2v) is 7.30. The third-order valence-electron chi connectivity index (χ3n) is 4.87. The monoisotopic (exact) mass is 453 g/mol.